The van der Waals surface area contributed by atoms with Gasteiger partial charge in [0.2, 0.25) is 0 Å². The van der Waals surface area contributed by atoms with E-state index in [9.17, 15) is 6.37 Å². The Kier molecular flexibility index (Phi) is 5.51. The molecule has 0 aromatic heterocycles. The van der Waals surface area contributed by atoms with Crippen LogP contribution >= 0.6 is 0 Å². The van der Waals surface area contributed by atoms with Crippen molar-refractivity contribution in [1.29, 1.82) is 0 Å². The Balaban J connectivity index is 4.08. The molecule has 0 aliphatic heterocycles. The van der Waals surface area contributed by atoms with Crippen molar-refractivity contribution >= 4 is 8.32 Å². The quantitative estimate of drug-likeness (QED) is 0.752. The van der Waals surface area contributed by atoms with E-state index in [2.05, 4.69) is 0 Å². The third-order valence-corrected chi connectivity index (χ3v) is 10.5. The van der Waals surface area contributed by atoms with Gasteiger partial charge in [-0.3, -0.25) is 0 Å². The maximum absolute atomic E-state index is 9.51. The molecule has 0 aliphatic carbocycles. The van der Waals surface area contributed by atoms with Gasteiger partial charge in [-0.15, -0.1) is 0 Å². The Hall–Kier alpha value is 0.940. The van der Waals surface area contributed by atoms with Gasteiger partial charge in [-0.25, -0.2) is 0 Å². The molecule has 2 N–H and O–H groups in total. The summed E-state index contributed by atoms with van der Waals surface area (Å²) in [5.74, 6) is 0. The molecule has 0 fully saturated rings. The van der Waals surface area contributed by atoms with Crippen LogP contribution in [0.15, 0.2) is 0 Å². The Morgan fingerprint density at radius 2 is 1.77 bits per heavy atom. The van der Waals surface area contributed by atoms with Crippen LogP contribution in [0.1, 0.15) is 20.3 Å². The van der Waals surface area contributed by atoms with Crippen molar-refractivity contribution in [2.75, 3.05) is 0 Å². The van der Waals surface area contributed by atoms with Crippen LogP contribution in [0.3, 0.4) is 0 Å². The molecule has 80 valence electrons. The number of hydrogen-bond donors (Lipinski definition) is 2. The zero-order valence-corrected chi connectivity index (χ0v) is 12.5. The van der Waals surface area contributed by atoms with Gasteiger partial charge in [0.1, 0.15) is 0 Å². The van der Waals surface area contributed by atoms with Gasteiger partial charge in [0, 0.05) is 0 Å². The van der Waals surface area contributed by atoms with Crippen LogP contribution in [0.25, 0.3) is 0 Å². The molecule has 0 aromatic rings. The fraction of sp³-hybridized carbons (Fsp3) is 1.00. The molecule has 0 spiro atoms. The number of hydrogen-bond acceptors (Lipinski definition) is 4. The average Bonchev–Trinajstić information content (AvgIpc) is 1.80. The topological polar surface area (TPSA) is 58.9 Å². The van der Waals surface area contributed by atoms with Crippen molar-refractivity contribution in [2.24, 2.45) is 0 Å². The summed E-state index contributed by atoms with van der Waals surface area (Å²) >= 11 is -4.59. The summed E-state index contributed by atoms with van der Waals surface area (Å²) in [7, 11) is -1.90. The molecule has 0 aromatic carbocycles. The van der Waals surface area contributed by atoms with Crippen molar-refractivity contribution in [3.8, 4) is 0 Å². The second kappa shape index (κ2) is 5.14. The molecule has 0 rings (SSSR count). The molecule has 6 heteroatoms. The van der Waals surface area contributed by atoms with Crippen molar-refractivity contribution in [3.63, 3.8) is 0 Å². The summed E-state index contributed by atoms with van der Waals surface area (Å²) < 4.78 is 29.3. The Bertz CT molecular complexity index is 157. The SMILES string of the molecule is CCC(C)[O][Zr]([OH])([OH])[O][Si](C)(C)C. The van der Waals surface area contributed by atoms with E-state index in [1.165, 1.54) is 0 Å². The summed E-state index contributed by atoms with van der Waals surface area (Å²) in [5, 5.41) is 0. The van der Waals surface area contributed by atoms with E-state index in [-0.39, 0.29) is 6.10 Å². The predicted octanol–water partition coefficient (Wildman–Crippen LogP) is 1.45. The molecule has 1 atom stereocenters. The molecule has 0 amide bonds. The Morgan fingerprint density at radius 1 is 1.31 bits per heavy atom. The van der Waals surface area contributed by atoms with Crippen LogP contribution in [0.2, 0.25) is 19.6 Å². The van der Waals surface area contributed by atoms with Gasteiger partial charge < -0.3 is 0 Å². The van der Waals surface area contributed by atoms with Crippen LogP contribution in [0.5, 0.6) is 0 Å². The fourth-order valence-corrected chi connectivity index (χ4v) is 9.55. The van der Waals surface area contributed by atoms with Crippen LogP contribution in [0, 0.1) is 0 Å². The molecule has 0 bridgehead atoms. The zero-order valence-electron chi connectivity index (χ0n) is 9.00. The van der Waals surface area contributed by atoms with Crippen molar-refractivity contribution in [3.05, 3.63) is 0 Å². The monoisotopic (exact) mass is 286 g/mol. The van der Waals surface area contributed by atoms with Crippen LogP contribution in [-0.4, -0.2) is 20.8 Å². The Morgan fingerprint density at radius 3 is 2.08 bits per heavy atom. The third kappa shape index (κ3) is 7.97. The second-order valence-corrected chi connectivity index (χ2v) is 13.3. The molecule has 13 heavy (non-hydrogen) atoms. The first-order valence-electron chi connectivity index (χ1n) is 4.49. The first-order valence-corrected chi connectivity index (χ1v) is 12.1. The molecular weight excluding hydrogens is 267 g/mol. The van der Waals surface area contributed by atoms with Crippen LogP contribution in [0.4, 0.5) is 0 Å². The van der Waals surface area contributed by atoms with E-state index >= 15 is 0 Å². The van der Waals surface area contributed by atoms with E-state index in [1.807, 2.05) is 33.5 Å². The first kappa shape index (κ1) is 13.9. The summed E-state index contributed by atoms with van der Waals surface area (Å²) in [4.78, 5) is 0. The molecule has 0 aliphatic rings. The van der Waals surface area contributed by atoms with Crippen LogP contribution < -0.4 is 0 Å². The average molecular weight is 288 g/mol. The van der Waals surface area contributed by atoms with Gasteiger partial charge >= 0.3 is 88.0 Å². The zero-order chi connectivity index (χ0) is 10.7. The first-order chi connectivity index (χ1) is 5.66. The van der Waals surface area contributed by atoms with E-state index in [0.717, 1.165) is 6.42 Å². The minimum atomic E-state index is -4.59. The molecule has 0 saturated heterocycles. The summed E-state index contributed by atoms with van der Waals surface area (Å²) in [6.07, 6.45) is 0.622. The van der Waals surface area contributed by atoms with E-state index in [4.69, 9.17) is 5.32 Å². The molecule has 0 saturated carbocycles. The van der Waals surface area contributed by atoms with Gasteiger partial charge in [-0.1, -0.05) is 0 Å². The van der Waals surface area contributed by atoms with E-state index < -0.39 is 30.3 Å². The number of rotatable bonds is 5. The minimum absolute atomic E-state index is 0.137. The van der Waals surface area contributed by atoms with Gasteiger partial charge in [-0.05, 0) is 0 Å². The molecule has 1 unspecified atom stereocenters. The van der Waals surface area contributed by atoms with Crippen molar-refractivity contribution in [2.45, 2.75) is 46.0 Å². The second-order valence-electron chi connectivity index (χ2n) is 4.10. The van der Waals surface area contributed by atoms with E-state index in [1.54, 1.807) is 0 Å². The van der Waals surface area contributed by atoms with Crippen molar-refractivity contribution in [1.82, 2.24) is 0 Å². The molecule has 0 heterocycles. The predicted molar refractivity (Wildman–Crippen MR) is 49.7 cm³/mol. The summed E-state index contributed by atoms with van der Waals surface area (Å²) in [6.45, 7) is 9.47. The van der Waals surface area contributed by atoms with Gasteiger partial charge in [0.15, 0.2) is 0 Å². The normalized spacial score (nSPS) is 15.9. The van der Waals surface area contributed by atoms with Gasteiger partial charge in [0.05, 0.1) is 0 Å². The third-order valence-electron chi connectivity index (χ3n) is 1.37. The molecule has 0 radical (unpaired) electrons. The summed E-state index contributed by atoms with van der Waals surface area (Å²) in [6, 6.07) is 0. The standard InChI is InChI=1S/C4H9O.C3H9OSi.2H2O.Zr/c1-3-4(2)5;1-5(2,3)4;;;/h4H,3H2,1-2H3;1-3H3;2*1H2;/q2*-1;;;+4/p-2. The molecule has 4 nitrogen and oxygen atoms in total. The van der Waals surface area contributed by atoms with Gasteiger partial charge in [-0.2, -0.15) is 0 Å². The van der Waals surface area contributed by atoms with Gasteiger partial charge in [0.25, 0.3) is 0 Å². The van der Waals surface area contributed by atoms with Crippen LogP contribution in [-0.2, 0) is 27.3 Å². The van der Waals surface area contributed by atoms with E-state index in [0.29, 0.717) is 0 Å². The fourth-order valence-electron chi connectivity index (χ4n) is 0.768. The Labute approximate surface area is 87.9 Å². The summed E-state index contributed by atoms with van der Waals surface area (Å²) in [5.41, 5.74) is 0. The maximum atomic E-state index is 9.51. The molecular formula is C7H20O4SiZr. The van der Waals surface area contributed by atoms with Crippen molar-refractivity contribution < 1.29 is 33.7 Å².